The van der Waals surface area contributed by atoms with Crippen molar-refractivity contribution in [2.75, 3.05) is 20.2 Å². The SMILES string of the molecule is CCN(CCC(=O)OC)C(=O)c1nn(C)c2ccccc12. The number of rotatable bonds is 5. The third kappa shape index (κ3) is 3.04. The molecule has 0 radical (unpaired) electrons. The van der Waals surface area contributed by atoms with Crippen LogP contribution in [-0.2, 0) is 16.6 Å². The summed E-state index contributed by atoms with van der Waals surface area (Å²) >= 11 is 0. The van der Waals surface area contributed by atoms with Gasteiger partial charge in [0.05, 0.1) is 19.0 Å². The van der Waals surface area contributed by atoms with E-state index in [4.69, 9.17) is 0 Å². The molecule has 0 spiro atoms. The van der Waals surface area contributed by atoms with Crippen LogP contribution in [0.25, 0.3) is 10.9 Å². The molecule has 2 aromatic rings. The lowest BCUT2D eigenvalue weighted by Crippen LogP contribution is -2.33. The number of para-hydroxylation sites is 1. The Kier molecular flexibility index (Phi) is 4.57. The Morgan fingerprint density at radius 2 is 2.05 bits per heavy atom. The first kappa shape index (κ1) is 15.0. The molecule has 0 fully saturated rings. The Morgan fingerprint density at radius 3 is 2.71 bits per heavy atom. The Labute approximate surface area is 123 Å². The molecule has 1 aromatic heterocycles. The Balaban J connectivity index is 2.25. The molecule has 0 aliphatic heterocycles. The van der Waals surface area contributed by atoms with Gasteiger partial charge in [-0.2, -0.15) is 5.10 Å². The number of aryl methyl sites for hydroxylation is 1. The first-order valence-electron chi connectivity index (χ1n) is 6.86. The lowest BCUT2D eigenvalue weighted by atomic mass is 10.2. The van der Waals surface area contributed by atoms with Crippen molar-refractivity contribution in [1.82, 2.24) is 14.7 Å². The van der Waals surface area contributed by atoms with Crippen LogP contribution in [0.3, 0.4) is 0 Å². The summed E-state index contributed by atoms with van der Waals surface area (Å²) in [5, 5.41) is 5.14. The maximum absolute atomic E-state index is 12.6. The predicted octanol–water partition coefficient (Wildman–Crippen LogP) is 1.60. The number of hydrogen-bond acceptors (Lipinski definition) is 4. The molecule has 0 saturated carbocycles. The van der Waals surface area contributed by atoms with Gasteiger partial charge in [0.1, 0.15) is 0 Å². The number of aromatic nitrogens is 2. The van der Waals surface area contributed by atoms with E-state index in [1.807, 2.05) is 38.2 Å². The average Bonchev–Trinajstić information content (AvgIpc) is 2.85. The number of amides is 1. The molecule has 6 heteroatoms. The van der Waals surface area contributed by atoms with E-state index in [9.17, 15) is 9.59 Å². The van der Waals surface area contributed by atoms with E-state index in [0.717, 1.165) is 10.9 Å². The summed E-state index contributed by atoms with van der Waals surface area (Å²) in [6.45, 7) is 2.72. The molecule has 0 atom stereocenters. The van der Waals surface area contributed by atoms with Gasteiger partial charge in [-0.15, -0.1) is 0 Å². The molecular formula is C15H19N3O3. The van der Waals surface area contributed by atoms with Crippen LogP contribution in [0.1, 0.15) is 23.8 Å². The normalized spacial score (nSPS) is 10.6. The molecule has 0 aliphatic carbocycles. The van der Waals surface area contributed by atoms with Gasteiger partial charge in [-0.05, 0) is 13.0 Å². The van der Waals surface area contributed by atoms with Gasteiger partial charge in [0.2, 0.25) is 0 Å². The van der Waals surface area contributed by atoms with Crippen LogP contribution in [0.4, 0.5) is 0 Å². The van der Waals surface area contributed by atoms with E-state index in [0.29, 0.717) is 18.8 Å². The first-order valence-corrected chi connectivity index (χ1v) is 6.86. The highest BCUT2D eigenvalue weighted by atomic mass is 16.5. The van der Waals surface area contributed by atoms with Gasteiger partial charge in [-0.1, -0.05) is 18.2 Å². The van der Waals surface area contributed by atoms with Crippen LogP contribution < -0.4 is 0 Å². The standard InChI is InChI=1S/C15H19N3O3/c1-4-18(10-9-13(19)21-3)15(20)14-11-7-5-6-8-12(11)17(2)16-14/h5-8H,4,9-10H2,1-3H3. The van der Waals surface area contributed by atoms with Crippen LogP contribution in [0.15, 0.2) is 24.3 Å². The zero-order valence-corrected chi connectivity index (χ0v) is 12.5. The van der Waals surface area contributed by atoms with E-state index in [-0.39, 0.29) is 18.3 Å². The monoisotopic (exact) mass is 289 g/mol. The van der Waals surface area contributed by atoms with Crippen LogP contribution in [0.2, 0.25) is 0 Å². The van der Waals surface area contributed by atoms with Crippen molar-refractivity contribution in [3.05, 3.63) is 30.0 Å². The van der Waals surface area contributed by atoms with Gasteiger partial charge in [-0.25, -0.2) is 0 Å². The van der Waals surface area contributed by atoms with Gasteiger partial charge in [-0.3, -0.25) is 14.3 Å². The van der Waals surface area contributed by atoms with Crippen molar-refractivity contribution >= 4 is 22.8 Å². The fourth-order valence-electron chi connectivity index (χ4n) is 2.25. The molecule has 0 aliphatic rings. The maximum Gasteiger partial charge on any atom is 0.307 e. The van der Waals surface area contributed by atoms with E-state index in [1.54, 1.807) is 9.58 Å². The lowest BCUT2D eigenvalue weighted by molar-refractivity contribution is -0.140. The van der Waals surface area contributed by atoms with E-state index < -0.39 is 0 Å². The summed E-state index contributed by atoms with van der Waals surface area (Å²) in [6, 6.07) is 7.59. The average molecular weight is 289 g/mol. The lowest BCUT2D eigenvalue weighted by Gasteiger charge is -2.19. The van der Waals surface area contributed by atoms with Crippen molar-refractivity contribution in [1.29, 1.82) is 0 Å². The van der Waals surface area contributed by atoms with Crippen molar-refractivity contribution < 1.29 is 14.3 Å². The third-order valence-electron chi connectivity index (χ3n) is 3.44. The number of carbonyl (C=O) groups excluding carboxylic acids is 2. The zero-order chi connectivity index (χ0) is 15.4. The highest BCUT2D eigenvalue weighted by molar-refractivity contribution is 6.04. The minimum Gasteiger partial charge on any atom is -0.469 e. The fourth-order valence-corrected chi connectivity index (χ4v) is 2.25. The molecule has 0 N–H and O–H groups in total. The quantitative estimate of drug-likeness (QED) is 0.784. The third-order valence-corrected chi connectivity index (χ3v) is 3.44. The summed E-state index contributed by atoms with van der Waals surface area (Å²) in [4.78, 5) is 25.4. The topological polar surface area (TPSA) is 64.4 Å². The number of fused-ring (bicyclic) bond motifs is 1. The first-order chi connectivity index (χ1) is 10.1. The molecule has 21 heavy (non-hydrogen) atoms. The number of ether oxygens (including phenoxy) is 1. The molecule has 0 unspecified atom stereocenters. The Morgan fingerprint density at radius 1 is 1.33 bits per heavy atom. The largest absolute Gasteiger partial charge is 0.469 e. The minimum absolute atomic E-state index is 0.168. The van der Waals surface area contributed by atoms with E-state index in [1.165, 1.54) is 7.11 Å². The van der Waals surface area contributed by atoms with Gasteiger partial charge >= 0.3 is 5.97 Å². The second-order valence-corrected chi connectivity index (χ2v) is 4.70. The van der Waals surface area contributed by atoms with Gasteiger partial charge in [0.25, 0.3) is 5.91 Å². The molecule has 2 rings (SSSR count). The molecule has 1 heterocycles. The summed E-state index contributed by atoms with van der Waals surface area (Å²) in [5.41, 5.74) is 1.32. The second-order valence-electron chi connectivity index (χ2n) is 4.70. The van der Waals surface area contributed by atoms with Gasteiger partial charge < -0.3 is 9.64 Å². The van der Waals surface area contributed by atoms with Crippen molar-refractivity contribution in [3.63, 3.8) is 0 Å². The molecular weight excluding hydrogens is 270 g/mol. The van der Waals surface area contributed by atoms with Crippen LogP contribution in [-0.4, -0.2) is 46.8 Å². The molecule has 0 bridgehead atoms. The van der Waals surface area contributed by atoms with Crippen molar-refractivity contribution in [3.8, 4) is 0 Å². The summed E-state index contributed by atoms with van der Waals surface area (Å²) in [6.07, 6.45) is 0.181. The molecule has 0 saturated heterocycles. The van der Waals surface area contributed by atoms with Crippen molar-refractivity contribution in [2.45, 2.75) is 13.3 Å². The van der Waals surface area contributed by atoms with E-state index in [2.05, 4.69) is 9.84 Å². The predicted molar refractivity (Wildman–Crippen MR) is 78.9 cm³/mol. The minimum atomic E-state index is -0.327. The summed E-state index contributed by atoms with van der Waals surface area (Å²) in [7, 11) is 3.15. The van der Waals surface area contributed by atoms with Gasteiger partial charge in [0, 0.05) is 25.5 Å². The smallest absolute Gasteiger partial charge is 0.307 e. The summed E-state index contributed by atoms with van der Waals surface area (Å²) in [5.74, 6) is -0.495. The second kappa shape index (κ2) is 6.39. The number of methoxy groups -OCH3 is 1. The van der Waals surface area contributed by atoms with E-state index >= 15 is 0 Å². The number of esters is 1. The highest BCUT2D eigenvalue weighted by Gasteiger charge is 2.21. The molecule has 1 aromatic carbocycles. The Hall–Kier alpha value is -2.37. The molecule has 112 valence electrons. The Bertz CT molecular complexity index is 663. The maximum atomic E-state index is 12.6. The summed E-state index contributed by atoms with van der Waals surface area (Å²) < 4.78 is 6.30. The number of carbonyl (C=O) groups is 2. The zero-order valence-electron chi connectivity index (χ0n) is 12.5. The van der Waals surface area contributed by atoms with Crippen LogP contribution in [0.5, 0.6) is 0 Å². The van der Waals surface area contributed by atoms with Crippen LogP contribution in [0, 0.1) is 0 Å². The molecule has 1 amide bonds. The van der Waals surface area contributed by atoms with Crippen molar-refractivity contribution in [2.24, 2.45) is 7.05 Å². The fraction of sp³-hybridized carbons (Fsp3) is 0.400. The molecule has 6 nitrogen and oxygen atoms in total. The number of nitrogens with zero attached hydrogens (tertiary/aromatic N) is 3. The number of benzene rings is 1. The highest BCUT2D eigenvalue weighted by Crippen LogP contribution is 2.19. The van der Waals surface area contributed by atoms with Gasteiger partial charge in [0.15, 0.2) is 5.69 Å². The number of hydrogen-bond donors (Lipinski definition) is 0. The van der Waals surface area contributed by atoms with Crippen LogP contribution >= 0.6 is 0 Å².